The molecule has 2 heterocycles. The van der Waals surface area contributed by atoms with Crippen LogP contribution in [0.5, 0.6) is 0 Å². The Hall–Kier alpha value is -1.18. The van der Waals surface area contributed by atoms with Crippen LogP contribution < -0.4 is 0 Å². The number of thioether (sulfide) groups is 1. The maximum atomic E-state index is 4.37. The van der Waals surface area contributed by atoms with Crippen LogP contribution in [0.3, 0.4) is 0 Å². The molecule has 0 saturated heterocycles. The normalized spacial score (nSPS) is 11.0. The Morgan fingerprint density at radius 3 is 2.64 bits per heavy atom. The quantitative estimate of drug-likeness (QED) is 0.583. The lowest BCUT2D eigenvalue weighted by atomic mass is 10.2. The van der Waals surface area contributed by atoms with E-state index in [0.717, 1.165) is 38.2 Å². The summed E-state index contributed by atoms with van der Waals surface area (Å²) in [7, 11) is 0. The van der Waals surface area contributed by atoms with Gasteiger partial charge in [-0.3, -0.25) is 0 Å². The van der Waals surface area contributed by atoms with E-state index < -0.39 is 0 Å². The van der Waals surface area contributed by atoms with Crippen molar-refractivity contribution in [2.75, 3.05) is 0 Å². The van der Waals surface area contributed by atoms with Crippen molar-refractivity contribution in [3.05, 3.63) is 46.1 Å². The summed E-state index contributed by atoms with van der Waals surface area (Å²) in [4.78, 5) is 1.10. The van der Waals surface area contributed by atoms with E-state index in [1.54, 1.807) is 11.8 Å². The smallest absolute Gasteiger partial charge is 0.191 e. The van der Waals surface area contributed by atoms with Crippen molar-refractivity contribution in [3.8, 4) is 10.7 Å². The fourth-order valence-corrected chi connectivity index (χ4v) is 4.05. The minimum Gasteiger partial charge on any atom is -0.302 e. The molecular formula is C15H15BrN4S2. The van der Waals surface area contributed by atoms with E-state index in [9.17, 15) is 0 Å². The average Bonchev–Trinajstić information content (AvgIpc) is 3.12. The molecule has 4 nitrogen and oxygen atoms in total. The van der Waals surface area contributed by atoms with E-state index in [4.69, 9.17) is 0 Å². The van der Waals surface area contributed by atoms with Crippen molar-refractivity contribution in [3.63, 3.8) is 0 Å². The number of aromatic nitrogens is 4. The number of hydrogen-bond acceptors (Lipinski definition) is 5. The summed E-state index contributed by atoms with van der Waals surface area (Å²) in [6, 6.07) is 8.37. The molecule has 0 N–H and O–H groups in total. The van der Waals surface area contributed by atoms with Crippen molar-refractivity contribution >= 4 is 39.2 Å². The van der Waals surface area contributed by atoms with Gasteiger partial charge in [0.1, 0.15) is 0 Å². The Bertz CT molecular complexity index is 764. The van der Waals surface area contributed by atoms with Gasteiger partial charge in [0, 0.05) is 23.0 Å². The molecule has 7 heteroatoms. The first kappa shape index (κ1) is 15.7. The fourth-order valence-electron chi connectivity index (χ4n) is 2.08. The van der Waals surface area contributed by atoms with E-state index >= 15 is 0 Å². The van der Waals surface area contributed by atoms with Gasteiger partial charge in [-0.25, -0.2) is 4.37 Å². The highest BCUT2D eigenvalue weighted by molar-refractivity contribution is 9.10. The first-order valence-electron chi connectivity index (χ1n) is 6.91. The van der Waals surface area contributed by atoms with Gasteiger partial charge in [0.05, 0.1) is 4.88 Å². The largest absolute Gasteiger partial charge is 0.302 e. The molecular weight excluding hydrogens is 380 g/mol. The van der Waals surface area contributed by atoms with Crippen LogP contribution in [-0.4, -0.2) is 19.1 Å². The third-order valence-electron chi connectivity index (χ3n) is 3.27. The highest BCUT2D eigenvalue weighted by Gasteiger charge is 2.16. The van der Waals surface area contributed by atoms with Gasteiger partial charge < -0.3 is 4.57 Å². The lowest BCUT2D eigenvalue weighted by Gasteiger charge is -2.06. The number of hydrogen-bond donors (Lipinski definition) is 0. The molecule has 1 aromatic carbocycles. The van der Waals surface area contributed by atoms with Crippen LogP contribution in [0.4, 0.5) is 0 Å². The molecule has 0 bridgehead atoms. The van der Waals surface area contributed by atoms with E-state index in [0.29, 0.717) is 0 Å². The van der Waals surface area contributed by atoms with Crippen molar-refractivity contribution in [2.45, 2.75) is 31.3 Å². The third-order valence-corrected chi connectivity index (χ3v) is 5.73. The van der Waals surface area contributed by atoms with E-state index in [1.165, 1.54) is 17.1 Å². The van der Waals surface area contributed by atoms with E-state index in [2.05, 4.69) is 73.2 Å². The van der Waals surface area contributed by atoms with Crippen LogP contribution >= 0.6 is 39.2 Å². The van der Waals surface area contributed by atoms with Crippen molar-refractivity contribution in [1.82, 2.24) is 19.1 Å². The Morgan fingerprint density at radius 1 is 1.23 bits per heavy atom. The van der Waals surface area contributed by atoms with Crippen molar-refractivity contribution in [2.24, 2.45) is 0 Å². The van der Waals surface area contributed by atoms with Crippen LogP contribution in [0.1, 0.15) is 18.1 Å². The topological polar surface area (TPSA) is 43.6 Å². The van der Waals surface area contributed by atoms with E-state index in [1.807, 2.05) is 6.20 Å². The number of benzene rings is 1. The summed E-state index contributed by atoms with van der Waals surface area (Å²) >= 11 is 6.64. The number of aryl methyl sites for hydroxylation is 1. The number of rotatable bonds is 5. The Labute approximate surface area is 146 Å². The highest BCUT2D eigenvalue weighted by Crippen LogP contribution is 2.30. The predicted molar refractivity (Wildman–Crippen MR) is 95.2 cm³/mol. The molecule has 0 amide bonds. The van der Waals surface area contributed by atoms with Gasteiger partial charge in [0.15, 0.2) is 11.0 Å². The molecule has 0 saturated carbocycles. The zero-order valence-corrected chi connectivity index (χ0v) is 15.5. The zero-order valence-electron chi connectivity index (χ0n) is 12.3. The molecule has 3 aromatic rings. The lowest BCUT2D eigenvalue weighted by molar-refractivity contribution is 0.688. The van der Waals surface area contributed by atoms with Gasteiger partial charge in [0.25, 0.3) is 0 Å². The predicted octanol–water partition coefficient (Wildman–Crippen LogP) is 4.78. The number of nitrogens with zero attached hydrogens (tertiary/aromatic N) is 4. The fraction of sp³-hybridized carbons (Fsp3) is 0.267. The van der Waals surface area contributed by atoms with Gasteiger partial charge in [-0.1, -0.05) is 39.8 Å². The minimum atomic E-state index is 0.850. The van der Waals surface area contributed by atoms with Gasteiger partial charge in [-0.15, -0.1) is 10.2 Å². The maximum Gasteiger partial charge on any atom is 0.191 e. The zero-order chi connectivity index (χ0) is 15.5. The molecule has 3 rings (SSSR count). The van der Waals surface area contributed by atoms with Gasteiger partial charge >= 0.3 is 0 Å². The SMILES string of the molecule is CCn1c(SCc2ccc(Br)cc2)nnc1-c1sncc1C. The Kier molecular flexibility index (Phi) is 4.95. The second kappa shape index (κ2) is 6.93. The van der Waals surface area contributed by atoms with Gasteiger partial charge in [-0.2, -0.15) is 0 Å². The Balaban J connectivity index is 1.81. The maximum absolute atomic E-state index is 4.37. The lowest BCUT2D eigenvalue weighted by Crippen LogP contribution is -1.99. The van der Waals surface area contributed by atoms with E-state index in [-0.39, 0.29) is 0 Å². The van der Waals surface area contributed by atoms with Crippen molar-refractivity contribution < 1.29 is 0 Å². The first-order valence-corrected chi connectivity index (χ1v) is 9.46. The molecule has 0 aliphatic carbocycles. The summed E-state index contributed by atoms with van der Waals surface area (Å²) < 4.78 is 7.49. The second-order valence-electron chi connectivity index (χ2n) is 4.80. The van der Waals surface area contributed by atoms with Crippen molar-refractivity contribution in [1.29, 1.82) is 0 Å². The van der Waals surface area contributed by atoms with Crippen LogP contribution in [0.25, 0.3) is 10.7 Å². The summed E-state index contributed by atoms with van der Waals surface area (Å²) in [6.07, 6.45) is 1.88. The average molecular weight is 395 g/mol. The minimum absolute atomic E-state index is 0.850. The summed E-state index contributed by atoms with van der Waals surface area (Å²) in [5.41, 5.74) is 2.42. The molecule has 22 heavy (non-hydrogen) atoms. The molecule has 0 aliphatic heterocycles. The molecule has 0 atom stereocenters. The summed E-state index contributed by atoms with van der Waals surface area (Å²) in [5.74, 6) is 1.80. The second-order valence-corrected chi connectivity index (χ2v) is 7.46. The standard InChI is InChI=1S/C15H15BrN4S2/c1-3-20-14(13-10(2)8-17-22-13)18-19-15(20)21-9-11-4-6-12(16)7-5-11/h4-8H,3,9H2,1-2H3. The molecule has 0 aliphatic rings. The van der Waals surface area contributed by atoms with Gasteiger partial charge in [-0.05, 0) is 48.6 Å². The first-order chi connectivity index (χ1) is 10.7. The molecule has 2 aromatic heterocycles. The molecule has 0 unspecified atom stereocenters. The van der Waals surface area contributed by atoms with Crippen LogP contribution in [-0.2, 0) is 12.3 Å². The van der Waals surface area contributed by atoms with Gasteiger partial charge in [0.2, 0.25) is 0 Å². The van der Waals surface area contributed by atoms with Crippen LogP contribution in [0.15, 0.2) is 40.1 Å². The molecule has 0 radical (unpaired) electrons. The third kappa shape index (κ3) is 3.26. The molecule has 114 valence electrons. The molecule has 0 spiro atoms. The Morgan fingerprint density at radius 2 is 2.00 bits per heavy atom. The summed E-state index contributed by atoms with van der Waals surface area (Å²) in [5, 5.41) is 9.69. The van der Waals surface area contributed by atoms with Crippen LogP contribution in [0.2, 0.25) is 0 Å². The monoisotopic (exact) mass is 394 g/mol. The number of halogens is 1. The summed E-state index contributed by atoms with van der Waals surface area (Å²) in [6.45, 7) is 5.03. The highest BCUT2D eigenvalue weighted by atomic mass is 79.9. The molecule has 0 fully saturated rings. The van der Waals surface area contributed by atoms with Crippen LogP contribution in [0, 0.1) is 6.92 Å².